The molecule has 7 heteroatoms. The minimum absolute atomic E-state index is 0.373. The Hall–Kier alpha value is -2.09. The first-order chi connectivity index (χ1) is 11.5. The van der Waals surface area contributed by atoms with Gasteiger partial charge in [-0.3, -0.25) is 4.98 Å². The Kier molecular flexibility index (Phi) is 4.75. The van der Waals surface area contributed by atoms with Gasteiger partial charge in [0.25, 0.3) is 0 Å². The van der Waals surface area contributed by atoms with Crippen LogP contribution in [0.25, 0.3) is 22.6 Å². The summed E-state index contributed by atoms with van der Waals surface area (Å²) in [6, 6.07) is 9.39. The van der Waals surface area contributed by atoms with E-state index in [0.29, 0.717) is 17.3 Å². The number of hydrogen-bond acceptors (Lipinski definition) is 5. The molecule has 0 amide bonds. The molecule has 0 bridgehead atoms. The fourth-order valence-corrected chi connectivity index (χ4v) is 3.25. The van der Waals surface area contributed by atoms with Gasteiger partial charge in [-0.1, -0.05) is 6.07 Å². The quantitative estimate of drug-likeness (QED) is 0.525. The summed E-state index contributed by atoms with van der Waals surface area (Å²) in [4.78, 5) is 8.99. The number of hydrogen-bond donors (Lipinski definition) is 0. The summed E-state index contributed by atoms with van der Waals surface area (Å²) in [5.41, 5.74) is 3.30. The van der Waals surface area contributed by atoms with Crippen molar-refractivity contribution in [1.82, 2.24) is 13.9 Å². The molecule has 0 aliphatic rings. The molecule has 0 aliphatic carbocycles. The van der Waals surface area contributed by atoms with Crippen LogP contribution in [0, 0.1) is 6.92 Å². The number of imidazole rings is 1. The van der Waals surface area contributed by atoms with E-state index in [1.54, 1.807) is 42.6 Å². The Labute approximate surface area is 143 Å². The van der Waals surface area contributed by atoms with E-state index >= 15 is 0 Å². The van der Waals surface area contributed by atoms with E-state index in [1.165, 1.54) is 0 Å². The predicted molar refractivity (Wildman–Crippen MR) is 94.3 cm³/mol. The van der Waals surface area contributed by atoms with Crippen LogP contribution < -0.4 is 4.74 Å². The number of methoxy groups -OCH3 is 1. The molecule has 0 aliphatic heterocycles. The summed E-state index contributed by atoms with van der Waals surface area (Å²) in [7, 11) is 1.58. The molecule has 1 aromatic carbocycles. The second-order valence-electron chi connectivity index (χ2n) is 5.44. The van der Waals surface area contributed by atoms with E-state index in [2.05, 4.69) is 9.97 Å². The fraction of sp³-hybridized carbons (Fsp3) is 0.294. The Morgan fingerprint density at radius 2 is 2.04 bits per heavy atom. The number of benzene rings is 1. The molecule has 2 aromatic heterocycles. The molecule has 0 saturated carbocycles. The maximum atomic E-state index is 12.3. The number of rotatable bonds is 5. The van der Waals surface area contributed by atoms with Crippen molar-refractivity contribution in [2.75, 3.05) is 13.4 Å². The summed E-state index contributed by atoms with van der Waals surface area (Å²) in [6.45, 7) is 3.80. The van der Waals surface area contributed by atoms with E-state index in [9.17, 15) is 4.55 Å². The van der Waals surface area contributed by atoms with Gasteiger partial charge in [0, 0.05) is 19.4 Å². The van der Waals surface area contributed by atoms with Gasteiger partial charge >= 0.3 is 0 Å². The van der Waals surface area contributed by atoms with Crippen molar-refractivity contribution >= 4 is 22.4 Å². The normalized spacial score (nSPS) is 13.9. The average molecular weight is 345 g/mol. The Balaban J connectivity index is 2.12. The minimum Gasteiger partial charge on any atom is -0.593 e. The van der Waals surface area contributed by atoms with Crippen LogP contribution in [0.4, 0.5) is 0 Å². The van der Waals surface area contributed by atoms with Crippen LogP contribution in [0.1, 0.15) is 12.5 Å². The van der Waals surface area contributed by atoms with Gasteiger partial charge in [0.15, 0.2) is 6.29 Å². The highest BCUT2D eigenvalue weighted by Crippen LogP contribution is 2.28. The molecule has 6 nitrogen and oxygen atoms in total. The largest absolute Gasteiger partial charge is 0.593 e. The number of fused-ring (bicyclic) bond motifs is 1. The van der Waals surface area contributed by atoms with Gasteiger partial charge < -0.3 is 14.0 Å². The molecule has 2 heterocycles. The van der Waals surface area contributed by atoms with Crippen LogP contribution in [0.3, 0.4) is 0 Å². The van der Waals surface area contributed by atoms with Crippen molar-refractivity contribution in [3.05, 3.63) is 42.1 Å². The number of aryl methyl sites for hydroxylation is 1. The lowest BCUT2D eigenvalue weighted by Gasteiger charge is -2.13. The first-order valence-corrected chi connectivity index (χ1v) is 9.00. The van der Waals surface area contributed by atoms with Crippen LogP contribution in [-0.4, -0.2) is 38.1 Å². The SMILES string of the molecule is COC(C)Oc1ccnc(-c2nc3cc(C)ccc3n2[S+](C)[O-])c1. The van der Waals surface area contributed by atoms with Crippen molar-refractivity contribution in [1.29, 1.82) is 0 Å². The fourth-order valence-electron chi connectivity index (χ4n) is 2.44. The van der Waals surface area contributed by atoms with E-state index < -0.39 is 11.4 Å². The van der Waals surface area contributed by atoms with Gasteiger partial charge in [-0.2, -0.15) is 0 Å². The highest BCUT2D eigenvalue weighted by atomic mass is 32.2. The second kappa shape index (κ2) is 6.80. The lowest BCUT2D eigenvalue weighted by Crippen LogP contribution is -2.14. The third kappa shape index (κ3) is 3.24. The van der Waals surface area contributed by atoms with Gasteiger partial charge in [0.05, 0.1) is 16.9 Å². The van der Waals surface area contributed by atoms with Crippen LogP contribution in [0.5, 0.6) is 5.75 Å². The number of pyridine rings is 1. The topological polar surface area (TPSA) is 72.2 Å². The number of aromatic nitrogens is 3. The minimum atomic E-state index is -1.26. The maximum Gasteiger partial charge on any atom is 0.206 e. The highest BCUT2D eigenvalue weighted by molar-refractivity contribution is 7.89. The smallest absolute Gasteiger partial charge is 0.206 e. The molecule has 0 N–H and O–H groups in total. The maximum absolute atomic E-state index is 12.3. The Morgan fingerprint density at radius 1 is 1.25 bits per heavy atom. The van der Waals surface area contributed by atoms with Crippen molar-refractivity contribution < 1.29 is 14.0 Å². The third-order valence-electron chi connectivity index (χ3n) is 3.62. The Morgan fingerprint density at radius 3 is 2.75 bits per heavy atom. The van der Waals surface area contributed by atoms with Gasteiger partial charge in [0.2, 0.25) is 5.82 Å². The summed E-state index contributed by atoms with van der Waals surface area (Å²) in [5, 5.41) is 0. The lowest BCUT2D eigenvalue weighted by atomic mass is 10.2. The van der Waals surface area contributed by atoms with Crippen LogP contribution in [0.15, 0.2) is 36.5 Å². The first kappa shape index (κ1) is 16.8. The van der Waals surface area contributed by atoms with Gasteiger partial charge in [-0.15, -0.1) is 3.97 Å². The third-order valence-corrected chi connectivity index (χ3v) is 4.50. The molecule has 2 unspecified atom stereocenters. The summed E-state index contributed by atoms with van der Waals surface area (Å²) < 4.78 is 24.7. The Bertz CT molecular complexity index is 863. The molecular formula is C17H19N3O3S. The van der Waals surface area contributed by atoms with Gasteiger partial charge in [-0.25, -0.2) is 4.98 Å². The van der Waals surface area contributed by atoms with Crippen LogP contribution in [-0.2, 0) is 16.1 Å². The summed E-state index contributed by atoms with van der Waals surface area (Å²) in [5.74, 6) is 1.16. The van der Waals surface area contributed by atoms with Crippen molar-refractivity contribution in [3.63, 3.8) is 0 Å². The average Bonchev–Trinajstić information content (AvgIpc) is 2.93. The molecule has 24 heavy (non-hydrogen) atoms. The van der Waals surface area contributed by atoms with Crippen LogP contribution in [0.2, 0.25) is 0 Å². The molecule has 0 fully saturated rings. The second-order valence-corrected chi connectivity index (χ2v) is 6.66. The van der Waals surface area contributed by atoms with Gasteiger partial charge in [0.1, 0.15) is 23.2 Å². The zero-order chi connectivity index (χ0) is 17.3. The molecule has 0 spiro atoms. The first-order valence-electron chi connectivity index (χ1n) is 7.48. The zero-order valence-electron chi connectivity index (χ0n) is 14.0. The van der Waals surface area contributed by atoms with Crippen molar-refractivity contribution in [2.45, 2.75) is 20.1 Å². The van der Waals surface area contributed by atoms with Crippen molar-refractivity contribution in [3.8, 4) is 17.3 Å². The monoisotopic (exact) mass is 345 g/mol. The summed E-state index contributed by atoms with van der Waals surface area (Å²) >= 11 is -1.26. The standard InChI is InChI=1S/C17H19N3O3S/c1-11-5-6-16-14(9-11)19-17(20(16)24(4)21)15-10-13(7-8-18-15)23-12(2)22-3/h5-10,12H,1-4H3. The molecule has 2 atom stereocenters. The van der Waals surface area contributed by atoms with E-state index in [-0.39, 0.29) is 6.29 Å². The van der Waals surface area contributed by atoms with Crippen LogP contribution >= 0.6 is 0 Å². The predicted octanol–water partition coefficient (Wildman–Crippen LogP) is 2.92. The number of nitrogens with zero attached hydrogens (tertiary/aromatic N) is 3. The summed E-state index contributed by atoms with van der Waals surface area (Å²) in [6.07, 6.45) is 2.89. The lowest BCUT2D eigenvalue weighted by molar-refractivity contribution is -0.0382. The molecule has 126 valence electrons. The van der Waals surface area contributed by atoms with E-state index in [1.807, 2.05) is 25.1 Å². The number of ether oxygens (including phenoxy) is 2. The van der Waals surface area contributed by atoms with E-state index in [0.717, 1.165) is 16.6 Å². The molecule has 0 saturated heterocycles. The zero-order valence-corrected chi connectivity index (χ0v) is 14.8. The van der Waals surface area contributed by atoms with Gasteiger partial charge in [-0.05, 0) is 37.6 Å². The molecular weight excluding hydrogens is 326 g/mol. The highest BCUT2D eigenvalue weighted by Gasteiger charge is 2.20. The van der Waals surface area contributed by atoms with Crippen molar-refractivity contribution in [2.24, 2.45) is 0 Å². The molecule has 0 radical (unpaired) electrons. The molecule has 3 rings (SSSR count). The molecule has 3 aromatic rings. The van der Waals surface area contributed by atoms with E-state index in [4.69, 9.17) is 9.47 Å².